The van der Waals surface area contributed by atoms with Crippen molar-refractivity contribution in [3.05, 3.63) is 0 Å². The highest BCUT2D eigenvalue weighted by atomic mass is 31.2. The number of methoxy groups -OCH3 is 1. The van der Waals surface area contributed by atoms with Gasteiger partial charge in [-0.2, -0.15) is 0 Å². The lowest BCUT2D eigenvalue weighted by Crippen LogP contribution is -2.37. The quantitative estimate of drug-likeness (QED) is 0.152. The van der Waals surface area contributed by atoms with Gasteiger partial charge in [0.2, 0.25) is 0 Å². The summed E-state index contributed by atoms with van der Waals surface area (Å²) in [5.41, 5.74) is 0. The number of likely N-dealkylation sites (N-methyl/N-ethyl adjacent to an activating group) is 1. The second-order valence-corrected chi connectivity index (χ2v) is 10.1. The summed E-state index contributed by atoms with van der Waals surface area (Å²) in [5.74, 6) is 0. The fourth-order valence-electron chi connectivity index (χ4n) is 2.73. The van der Waals surface area contributed by atoms with Crippen molar-refractivity contribution in [2.24, 2.45) is 0 Å². The third kappa shape index (κ3) is 21.0. The molecule has 0 rings (SSSR count). The van der Waals surface area contributed by atoms with Gasteiger partial charge in [-0.25, -0.2) is 0 Å². The number of ether oxygens (including phenoxy) is 2. The maximum atomic E-state index is 11.8. The number of quaternary nitrogens is 1. The summed E-state index contributed by atoms with van der Waals surface area (Å²) in [7, 11) is 3.10. The Kier molecular flexibility index (Phi) is 17.6. The van der Waals surface area contributed by atoms with Gasteiger partial charge in [0.1, 0.15) is 19.3 Å². The Bertz CT molecular complexity index is 416. The molecule has 2 atom stereocenters. The SMILES string of the molecule is CCCCCCCCCCCCOC[C@@H](COP(=O)([O-])OCC[N+](C)(C)C)OC. The average Bonchev–Trinajstić information content (AvgIpc) is 2.63. The molecule has 7 nitrogen and oxygen atoms in total. The van der Waals surface area contributed by atoms with Crippen LogP contribution >= 0.6 is 7.82 Å². The molecule has 0 aliphatic heterocycles. The van der Waals surface area contributed by atoms with Crippen molar-refractivity contribution in [2.45, 2.75) is 77.2 Å². The third-order valence-corrected chi connectivity index (χ3v) is 5.67. The predicted octanol–water partition coefficient (Wildman–Crippen LogP) is 4.15. The molecule has 0 aromatic rings. The molecule has 0 saturated carbocycles. The fourth-order valence-corrected chi connectivity index (χ4v) is 3.46. The van der Waals surface area contributed by atoms with E-state index in [0.29, 0.717) is 24.2 Å². The maximum Gasteiger partial charge on any atom is 0.268 e. The number of hydrogen-bond donors (Lipinski definition) is 0. The van der Waals surface area contributed by atoms with E-state index in [2.05, 4.69) is 6.92 Å². The van der Waals surface area contributed by atoms with E-state index in [1.54, 1.807) is 0 Å². The van der Waals surface area contributed by atoms with Gasteiger partial charge in [0.25, 0.3) is 7.82 Å². The first-order chi connectivity index (χ1) is 13.7. The van der Waals surface area contributed by atoms with E-state index in [-0.39, 0.29) is 13.2 Å². The highest BCUT2D eigenvalue weighted by Gasteiger charge is 2.16. The molecule has 0 amide bonds. The van der Waals surface area contributed by atoms with E-state index < -0.39 is 13.9 Å². The lowest BCUT2D eigenvalue weighted by molar-refractivity contribution is -0.870. The van der Waals surface area contributed by atoms with Gasteiger partial charge in [0, 0.05) is 13.7 Å². The Hall–Kier alpha value is -0.0100. The minimum absolute atomic E-state index is 0.0944. The first kappa shape index (κ1) is 29.0. The molecule has 0 bridgehead atoms. The Morgan fingerprint density at radius 2 is 1.38 bits per heavy atom. The standard InChI is InChI=1S/C21H46NO6P/c1-6-7-8-9-10-11-12-13-14-15-17-26-19-21(25-5)20-28-29(23,24)27-18-16-22(2,3)4/h21H,6-20H2,1-5H3/t21-/m0/s1. The number of rotatable bonds is 21. The van der Waals surface area contributed by atoms with Crippen LogP contribution in [0, 0.1) is 0 Å². The van der Waals surface area contributed by atoms with Crippen LogP contribution < -0.4 is 4.89 Å². The van der Waals surface area contributed by atoms with Crippen LogP contribution in [0.2, 0.25) is 0 Å². The van der Waals surface area contributed by atoms with Crippen molar-refractivity contribution >= 4 is 7.82 Å². The first-order valence-corrected chi connectivity index (χ1v) is 12.7. The molecular weight excluding hydrogens is 393 g/mol. The zero-order valence-corrected chi connectivity index (χ0v) is 20.4. The monoisotopic (exact) mass is 439 g/mol. The molecule has 0 spiro atoms. The minimum Gasteiger partial charge on any atom is -0.756 e. The molecule has 0 radical (unpaired) electrons. The molecule has 0 aromatic carbocycles. The number of phosphoric acid groups is 1. The summed E-state index contributed by atoms with van der Waals surface area (Å²) in [6, 6.07) is 0. The highest BCUT2D eigenvalue weighted by Crippen LogP contribution is 2.38. The zero-order valence-electron chi connectivity index (χ0n) is 19.5. The smallest absolute Gasteiger partial charge is 0.268 e. The van der Waals surface area contributed by atoms with Crippen LogP contribution in [-0.4, -0.2) is 71.8 Å². The topological polar surface area (TPSA) is 77.1 Å². The molecule has 1 unspecified atom stereocenters. The van der Waals surface area contributed by atoms with Crippen LogP contribution in [0.15, 0.2) is 0 Å². The first-order valence-electron chi connectivity index (χ1n) is 11.2. The van der Waals surface area contributed by atoms with Crippen molar-refractivity contribution in [3.63, 3.8) is 0 Å². The van der Waals surface area contributed by atoms with Gasteiger partial charge in [-0.3, -0.25) is 4.57 Å². The van der Waals surface area contributed by atoms with Gasteiger partial charge in [0.15, 0.2) is 0 Å². The lowest BCUT2D eigenvalue weighted by Gasteiger charge is -2.28. The molecule has 0 aliphatic carbocycles. The molecule has 0 saturated heterocycles. The van der Waals surface area contributed by atoms with Crippen LogP contribution in [0.4, 0.5) is 0 Å². The van der Waals surface area contributed by atoms with E-state index in [0.717, 1.165) is 6.42 Å². The summed E-state index contributed by atoms with van der Waals surface area (Å²) < 4.78 is 33.1. The van der Waals surface area contributed by atoms with Crippen LogP contribution in [-0.2, 0) is 23.1 Å². The van der Waals surface area contributed by atoms with Crippen LogP contribution in [0.25, 0.3) is 0 Å². The number of unbranched alkanes of at least 4 members (excludes halogenated alkanes) is 9. The highest BCUT2D eigenvalue weighted by molar-refractivity contribution is 7.45. The van der Waals surface area contributed by atoms with Gasteiger partial charge >= 0.3 is 0 Å². The van der Waals surface area contributed by atoms with E-state index in [9.17, 15) is 9.46 Å². The van der Waals surface area contributed by atoms with E-state index in [1.807, 2.05) is 21.1 Å². The number of phosphoric ester groups is 1. The van der Waals surface area contributed by atoms with E-state index in [1.165, 1.54) is 64.9 Å². The maximum absolute atomic E-state index is 11.8. The molecule has 0 aliphatic rings. The molecule has 176 valence electrons. The summed E-state index contributed by atoms with van der Waals surface area (Å²) in [5, 5.41) is 0. The van der Waals surface area contributed by atoms with Crippen molar-refractivity contribution in [1.82, 2.24) is 0 Å². The Balaban J connectivity index is 3.65. The molecule has 29 heavy (non-hydrogen) atoms. The van der Waals surface area contributed by atoms with Gasteiger partial charge in [0.05, 0.1) is 34.4 Å². The van der Waals surface area contributed by atoms with E-state index in [4.69, 9.17) is 18.5 Å². The molecule has 0 heterocycles. The summed E-state index contributed by atoms with van der Waals surface area (Å²) in [6.45, 7) is 3.79. The van der Waals surface area contributed by atoms with Crippen molar-refractivity contribution in [2.75, 3.05) is 61.2 Å². The zero-order chi connectivity index (χ0) is 22.0. The Morgan fingerprint density at radius 3 is 1.90 bits per heavy atom. The van der Waals surface area contributed by atoms with Crippen molar-refractivity contribution in [3.8, 4) is 0 Å². The Labute approximate surface area is 179 Å². The largest absolute Gasteiger partial charge is 0.756 e. The van der Waals surface area contributed by atoms with Crippen LogP contribution in [0.1, 0.15) is 71.1 Å². The molecule has 0 N–H and O–H groups in total. The Morgan fingerprint density at radius 1 is 0.828 bits per heavy atom. The number of nitrogens with zero attached hydrogens (tertiary/aromatic N) is 1. The third-order valence-electron chi connectivity index (χ3n) is 4.71. The molecule has 0 aromatic heterocycles. The summed E-state index contributed by atoms with van der Waals surface area (Å²) >= 11 is 0. The van der Waals surface area contributed by atoms with Crippen LogP contribution in [0.5, 0.6) is 0 Å². The van der Waals surface area contributed by atoms with Crippen molar-refractivity contribution < 1.29 is 32.5 Å². The fraction of sp³-hybridized carbons (Fsp3) is 1.00. The van der Waals surface area contributed by atoms with Crippen molar-refractivity contribution in [1.29, 1.82) is 0 Å². The second kappa shape index (κ2) is 17.6. The van der Waals surface area contributed by atoms with Gasteiger partial charge in [-0.05, 0) is 6.42 Å². The molecule has 8 heteroatoms. The predicted molar refractivity (Wildman–Crippen MR) is 116 cm³/mol. The second-order valence-electron chi connectivity index (χ2n) is 8.70. The molecule has 0 fully saturated rings. The van der Waals surface area contributed by atoms with Crippen LogP contribution in [0.3, 0.4) is 0 Å². The van der Waals surface area contributed by atoms with Gasteiger partial charge < -0.3 is 27.9 Å². The number of hydrogen-bond acceptors (Lipinski definition) is 6. The minimum atomic E-state index is -4.31. The van der Waals surface area contributed by atoms with Gasteiger partial charge in [-0.1, -0.05) is 64.7 Å². The normalized spacial score (nSPS) is 15.4. The lowest BCUT2D eigenvalue weighted by atomic mass is 10.1. The average molecular weight is 440 g/mol. The molecular formula is C21H46NO6P. The van der Waals surface area contributed by atoms with Gasteiger partial charge in [-0.15, -0.1) is 0 Å². The van der Waals surface area contributed by atoms with E-state index >= 15 is 0 Å². The summed E-state index contributed by atoms with van der Waals surface area (Å²) in [4.78, 5) is 11.8. The summed E-state index contributed by atoms with van der Waals surface area (Å²) in [6.07, 6.45) is 12.4.